The lowest BCUT2D eigenvalue weighted by Crippen LogP contribution is -2.33. The number of benzene rings is 3. The van der Waals surface area contributed by atoms with E-state index >= 15 is 0 Å². The minimum absolute atomic E-state index is 0.00225. The van der Waals surface area contributed by atoms with E-state index in [1.807, 2.05) is 49.4 Å². The first-order valence-corrected chi connectivity index (χ1v) is 14.6. The summed E-state index contributed by atoms with van der Waals surface area (Å²) < 4.78 is 23.3. The molecule has 4 aromatic rings. The topological polar surface area (TPSA) is 98.4 Å². The van der Waals surface area contributed by atoms with Crippen LogP contribution in [0.3, 0.4) is 0 Å². The van der Waals surface area contributed by atoms with Gasteiger partial charge in [-0.15, -0.1) is 0 Å². The number of aliphatic hydroxyl groups is 1. The van der Waals surface area contributed by atoms with Crippen LogP contribution in [-0.4, -0.2) is 48.6 Å². The first-order chi connectivity index (χ1) is 20.8. The highest BCUT2D eigenvalue weighted by Crippen LogP contribution is 2.42. The van der Waals surface area contributed by atoms with Gasteiger partial charge in [0.1, 0.15) is 0 Å². The number of ether oxygens (including phenoxy) is 3. The van der Waals surface area contributed by atoms with Crippen molar-refractivity contribution < 1.29 is 33.3 Å². The molecule has 1 amide bonds. The Morgan fingerprint density at radius 3 is 2.49 bits per heavy atom. The number of carbonyl (C=O) groups is 2. The number of para-hydroxylation sites is 1. The van der Waals surface area contributed by atoms with Gasteiger partial charge in [0.15, 0.2) is 34.4 Å². The number of Topliss-reactive ketones (excluding diaryl/α,β-unsaturated/α-hetero) is 1. The van der Waals surface area contributed by atoms with Gasteiger partial charge in [0.05, 0.1) is 31.9 Å². The maximum Gasteiger partial charge on any atom is 0.290 e. The largest absolute Gasteiger partial charge is 0.503 e. The Morgan fingerprint density at radius 1 is 0.977 bits per heavy atom. The fraction of sp³-hybridized carbons (Fsp3) is 0.314. The van der Waals surface area contributed by atoms with E-state index in [1.165, 1.54) is 12.0 Å². The van der Waals surface area contributed by atoms with Crippen LogP contribution < -0.4 is 14.2 Å². The number of carbonyl (C=O) groups excluding carboxylic acids is 2. The molecule has 224 valence electrons. The van der Waals surface area contributed by atoms with E-state index in [9.17, 15) is 14.7 Å². The molecule has 1 aromatic heterocycles. The third kappa shape index (κ3) is 6.23. The third-order valence-corrected chi connectivity index (χ3v) is 7.52. The van der Waals surface area contributed by atoms with Crippen LogP contribution >= 0.6 is 0 Å². The van der Waals surface area contributed by atoms with Gasteiger partial charge in [0.25, 0.3) is 5.91 Å². The Balaban J connectivity index is 1.55. The molecule has 0 spiro atoms. The molecule has 1 unspecified atom stereocenters. The molecule has 1 aliphatic heterocycles. The molecular formula is C35H37NO7. The summed E-state index contributed by atoms with van der Waals surface area (Å²) in [6.45, 7) is 7.35. The maximum absolute atomic E-state index is 14.1. The summed E-state index contributed by atoms with van der Waals surface area (Å²) in [5.74, 6) is 0.265. The fourth-order valence-corrected chi connectivity index (χ4v) is 5.29. The number of amides is 1. The highest BCUT2D eigenvalue weighted by atomic mass is 16.5. The zero-order valence-corrected chi connectivity index (χ0v) is 25.0. The fourth-order valence-electron chi connectivity index (χ4n) is 5.29. The van der Waals surface area contributed by atoms with Crippen molar-refractivity contribution in [2.24, 2.45) is 5.92 Å². The monoisotopic (exact) mass is 583 g/mol. The van der Waals surface area contributed by atoms with E-state index in [4.69, 9.17) is 18.6 Å². The van der Waals surface area contributed by atoms with Crippen molar-refractivity contribution in [3.63, 3.8) is 0 Å². The van der Waals surface area contributed by atoms with Gasteiger partial charge in [-0.3, -0.25) is 9.59 Å². The van der Waals surface area contributed by atoms with Crippen LogP contribution in [0.25, 0.3) is 11.0 Å². The van der Waals surface area contributed by atoms with Gasteiger partial charge in [0, 0.05) is 11.9 Å². The quantitative estimate of drug-likeness (QED) is 0.168. The second-order valence-electron chi connectivity index (χ2n) is 10.9. The van der Waals surface area contributed by atoms with E-state index in [0.717, 1.165) is 12.0 Å². The number of rotatable bonds is 13. The summed E-state index contributed by atoms with van der Waals surface area (Å²) in [5, 5.41) is 11.9. The Kier molecular flexibility index (Phi) is 9.04. The molecular weight excluding hydrogens is 546 g/mol. The average molecular weight is 584 g/mol. The standard InChI is InChI=1S/C35H37NO7/c1-5-41-28-20-24(14-15-26(28)42-19-17-22(2)3)31-30(32(37)29-21-25-12-9-13-27(40-4)34(25)43-29)33(38)35(39)36(31)18-16-23-10-7-6-8-11-23/h6-15,20-22,31,38H,5,16-19H2,1-4H3. The van der Waals surface area contributed by atoms with E-state index in [-0.39, 0.29) is 17.9 Å². The summed E-state index contributed by atoms with van der Waals surface area (Å²) in [6.07, 6.45) is 1.42. The molecule has 8 heteroatoms. The molecule has 1 N–H and O–H groups in total. The number of fused-ring (bicyclic) bond motifs is 1. The molecule has 3 aromatic carbocycles. The van der Waals surface area contributed by atoms with Gasteiger partial charge in [-0.05, 0) is 61.1 Å². The van der Waals surface area contributed by atoms with Crippen molar-refractivity contribution in [2.45, 2.75) is 39.7 Å². The highest BCUT2D eigenvalue weighted by molar-refractivity contribution is 6.16. The van der Waals surface area contributed by atoms with Crippen molar-refractivity contribution in [1.82, 2.24) is 4.90 Å². The summed E-state index contributed by atoms with van der Waals surface area (Å²) in [4.78, 5) is 29.2. The second-order valence-corrected chi connectivity index (χ2v) is 10.9. The molecule has 0 saturated heterocycles. The van der Waals surface area contributed by atoms with Crippen molar-refractivity contribution >= 4 is 22.7 Å². The summed E-state index contributed by atoms with van der Waals surface area (Å²) in [7, 11) is 1.52. The molecule has 0 aliphatic carbocycles. The maximum atomic E-state index is 14.1. The van der Waals surface area contributed by atoms with E-state index in [1.54, 1.807) is 30.3 Å². The summed E-state index contributed by atoms with van der Waals surface area (Å²) in [5.41, 5.74) is 2.01. The predicted molar refractivity (Wildman–Crippen MR) is 164 cm³/mol. The number of aliphatic hydroxyl groups excluding tert-OH is 1. The van der Waals surface area contributed by atoms with Gasteiger partial charge in [-0.2, -0.15) is 0 Å². The van der Waals surface area contributed by atoms with Crippen LogP contribution in [0.1, 0.15) is 54.9 Å². The van der Waals surface area contributed by atoms with Gasteiger partial charge in [0.2, 0.25) is 5.78 Å². The van der Waals surface area contributed by atoms with Crippen LogP contribution in [0, 0.1) is 5.92 Å². The molecule has 43 heavy (non-hydrogen) atoms. The Bertz CT molecular complexity index is 1640. The van der Waals surface area contributed by atoms with Crippen LogP contribution in [0.5, 0.6) is 17.2 Å². The lowest BCUT2D eigenvalue weighted by atomic mass is 9.94. The first-order valence-electron chi connectivity index (χ1n) is 14.6. The summed E-state index contributed by atoms with van der Waals surface area (Å²) in [6, 6.07) is 21.2. The highest BCUT2D eigenvalue weighted by Gasteiger charge is 2.44. The Hall–Kier alpha value is -4.72. The normalized spacial score (nSPS) is 15.0. The number of furan rings is 1. The van der Waals surface area contributed by atoms with Crippen LogP contribution in [0.15, 0.2) is 88.5 Å². The Labute approximate surface area is 251 Å². The Morgan fingerprint density at radius 2 is 1.77 bits per heavy atom. The number of methoxy groups -OCH3 is 1. The molecule has 0 fully saturated rings. The van der Waals surface area contributed by atoms with Crippen molar-refractivity contribution in [3.8, 4) is 17.2 Å². The SMILES string of the molecule is CCOc1cc(C2C(C(=O)c3cc4cccc(OC)c4o3)=C(O)C(=O)N2CCc2ccccc2)ccc1OCCC(C)C. The first kappa shape index (κ1) is 29.8. The molecule has 0 radical (unpaired) electrons. The van der Waals surface area contributed by atoms with Crippen LogP contribution in [-0.2, 0) is 11.2 Å². The second kappa shape index (κ2) is 13.1. The molecule has 8 nitrogen and oxygen atoms in total. The number of hydrogen-bond donors (Lipinski definition) is 1. The van der Waals surface area contributed by atoms with Crippen LogP contribution in [0.2, 0.25) is 0 Å². The lowest BCUT2D eigenvalue weighted by Gasteiger charge is -2.27. The van der Waals surface area contributed by atoms with E-state index < -0.39 is 23.5 Å². The zero-order valence-electron chi connectivity index (χ0n) is 25.0. The number of ketones is 1. The lowest BCUT2D eigenvalue weighted by molar-refractivity contribution is -0.129. The average Bonchev–Trinajstić information content (AvgIpc) is 3.56. The van der Waals surface area contributed by atoms with Gasteiger partial charge in [-0.25, -0.2) is 0 Å². The molecule has 2 heterocycles. The van der Waals surface area contributed by atoms with Crippen LogP contribution in [0.4, 0.5) is 0 Å². The number of hydrogen-bond acceptors (Lipinski definition) is 7. The number of nitrogens with zero attached hydrogens (tertiary/aromatic N) is 1. The third-order valence-electron chi connectivity index (χ3n) is 7.52. The van der Waals surface area contributed by atoms with Crippen molar-refractivity contribution in [3.05, 3.63) is 101 Å². The molecule has 5 rings (SSSR count). The molecule has 1 aliphatic rings. The molecule has 1 atom stereocenters. The van der Waals surface area contributed by atoms with Gasteiger partial charge >= 0.3 is 0 Å². The van der Waals surface area contributed by atoms with Gasteiger partial charge < -0.3 is 28.6 Å². The van der Waals surface area contributed by atoms with Gasteiger partial charge in [-0.1, -0.05) is 62.4 Å². The van der Waals surface area contributed by atoms with E-state index in [0.29, 0.717) is 59.3 Å². The van der Waals surface area contributed by atoms with Crippen molar-refractivity contribution in [2.75, 3.05) is 26.9 Å². The van der Waals surface area contributed by atoms with Crippen molar-refractivity contribution in [1.29, 1.82) is 0 Å². The molecule has 0 bridgehead atoms. The van der Waals surface area contributed by atoms with E-state index in [2.05, 4.69) is 13.8 Å². The minimum Gasteiger partial charge on any atom is -0.503 e. The minimum atomic E-state index is -0.872. The predicted octanol–water partition coefficient (Wildman–Crippen LogP) is 7.09. The molecule has 0 saturated carbocycles. The zero-order chi connectivity index (χ0) is 30.5. The summed E-state index contributed by atoms with van der Waals surface area (Å²) >= 11 is 0. The smallest absolute Gasteiger partial charge is 0.290 e.